The zero-order chi connectivity index (χ0) is 16.8. The van der Waals surface area contributed by atoms with Crippen LogP contribution < -0.4 is 11.1 Å². The third kappa shape index (κ3) is 4.57. The molecule has 2 rings (SSSR count). The number of nitrogen functional groups attached to an aromatic ring is 1. The zero-order valence-electron chi connectivity index (χ0n) is 14.0. The topological polar surface area (TPSA) is 64.3 Å². The standard InChI is InChI=1S/C19H24N2O2/c1-13-4-5-15(11-16-6-7-17(20)10-14(16)2)12-18(13)19(22)21-8-9-23-3/h4-7,10,12H,8-9,11,20H2,1-3H3,(H,21,22). The smallest absolute Gasteiger partial charge is 0.251 e. The van der Waals surface area contributed by atoms with Gasteiger partial charge in [-0.3, -0.25) is 4.79 Å². The number of hydrogen-bond donors (Lipinski definition) is 2. The second-order valence-corrected chi connectivity index (χ2v) is 5.76. The van der Waals surface area contributed by atoms with Crippen LogP contribution in [0.3, 0.4) is 0 Å². The summed E-state index contributed by atoms with van der Waals surface area (Å²) in [6.45, 7) is 5.02. The van der Waals surface area contributed by atoms with Gasteiger partial charge in [-0.15, -0.1) is 0 Å². The molecule has 0 atom stereocenters. The summed E-state index contributed by atoms with van der Waals surface area (Å²) in [5, 5.41) is 2.87. The lowest BCUT2D eigenvalue weighted by Gasteiger charge is -2.11. The first-order chi connectivity index (χ1) is 11.0. The number of nitrogens with two attached hydrogens (primary N) is 1. The molecule has 23 heavy (non-hydrogen) atoms. The molecule has 0 spiro atoms. The minimum Gasteiger partial charge on any atom is -0.399 e. The van der Waals surface area contributed by atoms with Crippen molar-refractivity contribution in [1.29, 1.82) is 0 Å². The van der Waals surface area contributed by atoms with E-state index < -0.39 is 0 Å². The highest BCUT2D eigenvalue weighted by molar-refractivity contribution is 5.95. The Balaban J connectivity index is 2.17. The van der Waals surface area contributed by atoms with Gasteiger partial charge in [0.2, 0.25) is 0 Å². The number of aryl methyl sites for hydroxylation is 2. The van der Waals surface area contributed by atoms with Gasteiger partial charge in [0.25, 0.3) is 5.91 Å². The molecule has 0 heterocycles. The highest BCUT2D eigenvalue weighted by atomic mass is 16.5. The molecule has 122 valence electrons. The van der Waals surface area contributed by atoms with Crippen LogP contribution in [0.5, 0.6) is 0 Å². The number of methoxy groups -OCH3 is 1. The molecule has 4 heteroatoms. The fourth-order valence-corrected chi connectivity index (χ4v) is 2.52. The average Bonchev–Trinajstić information content (AvgIpc) is 2.52. The number of carbonyl (C=O) groups is 1. The van der Waals surface area contributed by atoms with Crippen LogP contribution in [0.15, 0.2) is 36.4 Å². The van der Waals surface area contributed by atoms with E-state index in [4.69, 9.17) is 10.5 Å². The number of rotatable bonds is 6. The van der Waals surface area contributed by atoms with E-state index in [0.29, 0.717) is 18.7 Å². The van der Waals surface area contributed by atoms with Gasteiger partial charge in [0.15, 0.2) is 0 Å². The van der Waals surface area contributed by atoms with Crippen LogP contribution in [-0.4, -0.2) is 26.2 Å². The summed E-state index contributed by atoms with van der Waals surface area (Å²) in [5.74, 6) is -0.0598. The highest BCUT2D eigenvalue weighted by Gasteiger charge is 2.10. The molecule has 1 amide bonds. The van der Waals surface area contributed by atoms with E-state index in [0.717, 1.165) is 28.8 Å². The fraction of sp³-hybridized carbons (Fsp3) is 0.316. The average molecular weight is 312 g/mol. The van der Waals surface area contributed by atoms with E-state index in [1.807, 2.05) is 37.3 Å². The summed E-state index contributed by atoms with van der Waals surface area (Å²) in [6, 6.07) is 12.0. The van der Waals surface area contributed by atoms with E-state index >= 15 is 0 Å². The number of ether oxygens (including phenoxy) is 1. The summed E-state index contributed by atoms with van der Waals surface area (Å²) < 4.78 is 4.96. The predicted molar refractivity (Wildman–Crippen MR) is 93.8 cm³/mol. The minimum atomic E-state index is -0.0598. The zero-order valence-corrected chi connectivity index (χ0v) is 14.0. The number of benzene rings is 2. The van der Waals surface area contributed by atoms with Crippen molar-refractivity contribution < 1.29 is 9.53 Å². The summed E-state index contributed by atoms with van der Waals surface area (Å²) >= 11 is 0. The van der Waals surface area contributed by atoms with Crippen molar-refractivity contribution in [3.05, 3.63) is 64.2 Å². The van der Waals surface area contributed by atoms with Crippen LogP contribution in [0.25, 0.3) is 0 Å². The minimum absolute atomic E-state index is 0.0598. The van der Waals surface area contributed by atoms with Crippen LogP contribution in [0.4, 0.5) is 5.69 Å². The lowest BCUT2D eigenvalue weighted by Crippen LogP contribution is -2.27. The second-order valence-electron chi connectivity index (χ2n) is 5.76. The molecule has 0 fully saturated rings. The number of anilines is 1. The maximum atomic E-state index is 12.3. The Labute approximate surface area is 137 Å². The lowest BCUT2D eigenvalue weighted by molar-refractivity contribution is 0.0936. The first-order valence-corrected chi connectivity index (χ1v) is 7.73. The molecular formula is C19H24N2O2. The molecule has 4 nitrogen and oxygen atoms in total. The molecular weight excluding hydrogens is 288 g/mol. The molecule has 0 aromatic heterocycles. The fourth-order valence-electron chi connectivity index (χ4n) is 2.52. The van der Waals surface area contributed by atoms with E-state index in [-0.39, 0.29) is 5.91 Å². The van der Waals surface area contributed by atoms with Gasteiger partial charge in [-0.25, -0.2) is 0 Å². The van der Waals surface area contributed by atoms with Gasteiger partial charge in [-0.1, -0.05) is 18.2 Å². The Morgan fingerprint density at radius 2 is 1.91 bits per heavy atom. The van der Waals surface area contributed by atoms with Crippen LogP contribution >= 0.6 is 0 Å². The third-order valence-electron chi connectivity index (χ3n) is 3.90. The van der Waals surface area contributed by atoms with E-state index in [1.54, 1.807) is 7.11 Å². The summed E-state index contributed by atoms with van der Waals surface area (Å²) in [5.41, 5.74) is 11.7. The molecule has 2 aromatic rings. The number of carbonyl (C=O) groups excluding carboxylic acids is 1. The molecule has 0 aliphatic carbocycles. The van der Waals surface area contributed by atoms with Crippen molar-refractivity contribution in [3.63, 3.8) is 0 Å². The molecule has 0 aliphatic heterocycles. The molecule has 0 bridgehead atoms. The van der Waals surface area contributed by atoms with Crippen molar-refractivity contribution in [3.8, 4) is 0 Å². The van der Waals surface area contributed by atoms with Gasteiger partial charge in [-0.05, 0) is 60.7 Å². The van der Waals surface area contributed by atoms with Crippen LogP contribution in [0.1, 0.15) is 32.6 Å². The Bertz CT molecular complexity index is 696. The van der Waals surface area contributed by atoms with Gasteiger partial charge in [0.05, 0.1) is 6.61 Å². The lowest BCUT2D eigenvalue weighted by atomic mass is 9.97. The first-order valence-electron chi connectivity index (χ1n) is 7.73. The molecule has 3 N–H and O–H groups in total. The Hall–Kier alpha value is -2.33. The largest absolute Gasteiger partial charge is 0.399 e. The first kappa shape index (κ1) is 17.0. The molecule has 0 radical (unpaired) electrons. The highest BCUT2D eigenvalue weighted by Crippen LogP contribution is 2.19. The summed E-state index contributed by atoms with van der Waals surface area (Å²) in [6.07, 6.45) is 0.782. The maximum Gasteiger partial charge on any atom is 0.251 e. The summed E-state index contributed by atoms with van der Waals surface area (Å²) in [7, 11) is 1.62. The normalized spacial score (nSPS) is 10.6. The monoisotopic (exact) mass is 312 g/mol. The van der Waals surface area contributed by atoms with Crippen molar-refractivity contribution in [1.82, 2.24) is 5.32 Å². The van der Waals surface area contributed by atoms with Crippen molar-refractivity contribution in [2.24, 2.45) is 0 Å². The number of hydrogen-bond acceptors (Lipinski definition) is 3. The summed E-state index contributed by atoms with van der Waals surface area (Å²) in [4.78, 5) is 12.3. The van der Waals surface area contributed by atoms with Crippen molar-refractivity contribution >= 4 is 11.6 Å². The van der Waals surface area contributed by atoms with E-state index in [9.17, 15) is 4.79 Å². The van der Waals surface area contributed by atoms with Crippen molar-refractivity contribution in [2.45, 2.75) is 20.3 Å². The third-order valence-corrected chi connectivity index (χ3v) is 3.90. The molecule has 0 saturated carbocycles. The van der Waals surface area contributed by atoms with Gasteiger partial charge in [0.1, 0.15) is 0 Å². The molecule has 2 aromatic carbocycles. The van der Waals surface area contributed by atoms with Crippen LogP contribution in [0.2, 0.25) is 0 Å². The molecule has 0 saturated heterocycles. The van der Waals surface area contributed by atoms with Crippen molar-refractivity contribution in [2.75, 3.05) is 26.0 Å². The Kier molecular flexibility index (Phi) is 5.77. The number of nitrogens with one attached hydrogen (secondary N) is 1. The Morgan fingerprint density at radius 1 is 1.13 bits per heavy atom. The predicted octanol–water partition coefficient (Wildman–Crippen LogP) is 2.85. The SMILES string of the molecule is COCCNC(=O)c1cc(Cc2ccc(N)cc2C)ccc1C. The van der Waals surface area contributed by atoms with E-state index in [2.05, 4.69) is 18.3 Å². The second kappa shape index (κ2) is 7.79. The van der Waals surface area contributed by atoms with Gasteiger partial charge >= 0.3 is 0 Å². The van der Waals surface area contributed by atoms with Crippen LogP contribution in [0, 0.1) is 13.8 Å². The molecule has 0 aliphatic rings. The maximum absolute atomic E-state index is 12.3. The number of amides is 1. The van der Waals surface area contributed by atoms with E-state index in [1.165, 1.54) is 5.56 Å². The Morgan fingerprint density at radius 3 is 2.61 bits per heavy atom. The quantitative estimate of drug-likeness (QED) is 0.637. The van der Waals surface area contributed by atoms with Crippen LogP contribution in [-0.2, 0) is 11.2 Å². The van der Waals surface area contributed by atoms with Gasteiger partial charge in [0, 0.05) is 24.9 Å². The molecule has 0 unspecified atom stereocenters. The van der Waals surface area contributed by atoms with Gasteiger partial charge < -0.3 is 15.8 Å². The van der Waals surface area contributed by atoms with Gasteiger partial charge in [-0.2, -0.15) is 0 Å².